The van der Waals surface area contributed by atoms with Gasteiger partial charge in [-0.1, -0.05) is 27.2 Å². The molecule has 0 amide bonds. The lowest BCUT2D eigenvalue weighted by Crippen LogP contribution is -2.42. The van der Waals surface area contributed by atoms with E-state index in [1.165, 1.54) is 24.3 Å². The van der Waals surface area contributed by atoms with Crippen molar-refractivity contribution in [3.63, 3.8) is 0 Å². The van der Waals surface area contributed by atoms with Crippen LogP contribution in [0, 0.1) is 5.41 Å². The zero-order valence-corrected chi connectivity index (χ0v) is 15.1. The van der Waals surface area contributed by atoms with Crippen LogP contribution in [0.15, 0.2) is 4.99 Å². The Morgan fingerprint density at radius 2 is 1.83 bits per heavy atom. The number of hydrogen-bond acceptors (Lipinski definition) is 2. The summed E-state index contributed by atoms with van der Waals surface area (Å²) in [4.78, 5) is 6.69. The topological polar surface area (TPSA) is 41.6 Å². The number of thioether (sulfide) groups is 1. The molecule has 3 nitrogen and oxygen atoms in total. The van der Waals surface area contributed by atoms with E-state index < -0.39 is 0 Å². The number of unbranched alkanes of at least 4 members (excludes halogenated alkanes) is 1. The van der Waals surface area contributed by atoms with Crippen molar-refractivity contribution in [2.45, 2.75) is 40.0 Å². The SMILES string of the molecule is CC(C)(C)CCCCN=C(N)N1CCSCC1.I. The number of guanidine groups is 1. The van der Waals surface area contributed by atoms with Crippen LogP contribution in [-0.2, 0) is 0 Å². The largest absolute Gasteiger partial charge is 0.370 e. The Morgan fingerprint density at radius 1 is 1.22 bits per heavy atom. The van der Waals surface area contributed by atoms with E-state index in [-0.39, 0.29) is 24.0 Å². The third kappa shape index (κ3) is 8.45. The van der Waals surface area contributed by atoms with Gasteiger partial charge in [-0.25, -0.2) is 0 Å². The van der Waals surface area contributed by atoms with Crippen LogP contribution in [0.2, 0.25) is 0 Å². The maximum atomic E-state index is 5.98. The summed E-state index contributed by atoms with van der Waals surface area (Å²) in [6, 6.07) is 0. The maximum absolute atomic E-state index is 5.98. The van der Waals surface area contributed by atoms with Crippen molar-refractivity contribution in [2.24, 2.45) is 16.1 Å². The second kappa shape index (κ2) is 9.28. The van der Waals surface area contributed by atoms with E-state index in [9.17, 15) is 0 Å². The molecule has 1 rings (SSSR count). The molecule has 0 aromatic rings. The number of nitrogens with two attached hydrogens (primary N) is 1. The molecular formula is C13H28IN3S. The van der Waals surface area contributed by atoms with Gasteiger partial charge in [0.25, 0.3) is 0 Å². The average molecular weight is 385 g/mol. The Hall–Kier alpha value is 0.350. The number of hydrogen-bond donors (Lipinski definition) is 1. The normalized spacial score (nSPS) is 17.5. The number of rotatable bonds is 4. The molecule has 1 aliphatic heterocycles. The third-order valence-electron chi connectivity index (χ3n) is 2.94. The highest BCUT2D eigenvalue weighted by Crippen LogP contribution is 2.21. The summed E-state index contributed by atoms with van der Waals surface area (Å²) >= 11 is 2.00. The monoisotopic (exact) mass is 385 g/mol. The lowest BCUT2D eigenvalue weighted by molar-refractivity contribution is 0.361. The molecule has 0 aromatic heterocycles. The van der Waals surface area contributed by atoms with Gasteiger partial charge in [-0.05, 0) is 18.3 Å². The maximum Gasteiger partial charge on any atom is 0.191 e. The molecule has 5 heteroatoms. The molecule has 1 fully saturated rings. The summed E-state index contributed by atoms with van der Waals surface area (Å²) in [6.07, 6.45) is 3.67. The van der Waals surface area contributed by atoms with Crippen molar-refractivity contribution < 1.29 is 0 Å². The Bertz CT molecular complexity index is 245. The highest BCUT2D eigenvalue weighted by Gasteiger charge is 2.12. The van der Waals surface area contributed by atoms with Crippen LogP contribution in [0.4, 0.5) is 0 Å². The minimum Gasteiger partial charge on any atom is -0.370 e. The quantitative estimate of drug-likeness (QED) is 0.350. The van der Waals surface area contributed by atoms with Crippen LogP contribution in [0.5, 0.6) is 0 Å². The van der Waals surface area contributed by atoms with Gasteiger partial charge in [-0.15, -0.1) is 24.0 Å². The number of nitrogens with zero attached hydrogens (tertiary/aromatic N) is 2. The molecule has 0 spiro atoms. The van der Waals surface area contributed by atoms with E-state index in [4.69, 9.17) is 5.73 Å². The molecule has 0 aromatic carbocycles. The van der Waals surface area contributed by atoms with Gasteiger partial charge < -0.3 is 10.6 Å². The number of halogens is 1. The zero-order chi connectivity index (χ0) is 12.7. The summed E-state index contributed by atoms with van der Waals surface area (Å²) in [7, 11) is 0. The van der Waals surface area contributed by atoms with Crippen molar-refractivity contribution in [1.29, 1.82) is 0 Å². The van der Waals surface area contributed by atoms with Crippen LogP contribution in [0.25, 0.3) is 0 Å². The van der Waals surface area contributed by atoms with Crippen LogP contribution >= 0.6 is 35.7 Å². The number of aliphatic imine (C=N–C) groups is 1. The van der Waals surface area contributed by atoms with E-state index in [1.807, 2.05) is 11.8 Å². The average Bonchev–Trinajstić information content (AvgIpc) is 2.28. The summed E-state index contributed by atoms with van der Waals surface area (Å²) < 4.78 is 0. The van der Waals surface area contributed by atoms with Crippen molar-refractivity contribution in [2.75, 3.05) is 31.1 Å². The molecule has 0 atom stereocenters. The fourth-order valence-corrected chi connectivity index (χ4v) is 2.76. The lowest BCUT2D eigenvalue weighted by Gasteiger charge is -2.27. The van der Waals surface area contributed by atoms with Crippen molar-refractivity contribution in [1.82, 2.24) is 4.90 Å². The van der Waals surface area contributed by atoms with E-state index >= 15 is 0 Å². The van der Waals surface area contributed by atoms with Crippen LogP contribution in [0.3, 0.4) is 0 Å². The van der Waals surface area contributed by atoms with Crippen molar-refractivity contribution in [3.8, 4) is 0 Å². The van der Waals surface area contributed by atoms with E-state index in [1.54, 1.807) is 0 Å². The highest BCUT2D eigenvalue weighted by molar-refractivity contribution is 14.0. The molecule has 1 saturated heterocycles. The summed E-state index contributed by atoms with van der Waals surface area (Å²) in [6.45, 7) is 9.86. The highest BCUT2D eigenvalue weighted by atomic mass is 127. The molecule has 0 radical (unpaired) electrons. The Kier molecular flexibility index (Phi) is 9.47. The molecular weight excluding hydrogens is 357 g/mol. The van der Waals surface area contributed by atoms with Gasteiger partial charge in [0, 0.05) is 31.1 Å². The molecule has 0 aliphatic carbocycles. The Labute approximate surface area is 133 Å². The summed E-state index contributed by atoms with van der Waals surface area (Å²) in [5.41, 5.74) is 6.43. The molecule has 1 aliphatic rings. The fourth-order valence-electron chi connectivity index (χ4n) is 1.85. The Balaban J connectivity index is 0.00000289. The van der Waals surface area contributed by atoms with Crippen LogP contribution in [0.1, 0.15) is 40.0 Å². The fraction of sp³-hybridized carbons (Fsp3) is 0.923. The Morgan fingerprint density at radius 3 is 2.39 bits per heavy atom. The molecule has 1 heterocycles. The van der Waals surface area contributed by atoms with Gasteiger partial charge in [0.15, 0.2) is 5.96 Å². The molecule has 0 unspecified atom stereocenters. The first-order chi connectivity index (χ1) is 7.99. The molecule has 108 valence electrons. The first-order valence-corrected chi connectivity index (χ1v) is 7.77. The molecule has 2 N–H and O–H groups in total. The van der Waals surface area contributed by atoms with E-state index in [2.05, 4.69) is 30.7 Å². The predicted molar refractivity (Wildman–Crippen MR) is 94.1 cm³/mol. The smallest absolute Gasteiger partial charge is 0.191 e. The van der Waals surface area contributed by atoms with Gasteiger partial charge in [0.05, 0.1) is 0 Å². The van der Waals surface area contributed by atoms with Crippen molar-refractivity contribution in [3.05, 3.63) is 0 Å². The third-order valence-corrected chi connectivity index (χ3v) is 3.89. The minimum absolute atomic E-state index is 0. The molecule has 0 saturated carbocycles. The second-order valence-corrected chi connectivity index (χ2v) is 7.08. The first kappa shape index (κ1) is 18.4. The predicted octanol–water partition coefficient (Wildman–Crippen LogP) is 3.18. The van der Waals surface area contributed by atoms with E-state index in [0.717, 1.165) is 32.0 Å². The lowest BCUT2D eigenvalue weighted by atomic mass is 9.90. The van der Waals surface area contributed by atoms with Gasteiger partial charge >= 0.3 is 0 Å². The van der Waals surface area contributed by atoms with Gasteiger partial charge in [0.1, 0.15) is 0 Å². The second-order valence-electron chi connectivity index (χ2n) is 5.86. The van der Waals surface area contributed by atoms with Gasteiger partial charge in [0.2, 0.25) is 0 Å². The summed E-state index contributed by atoms with van der Waals surface area (Å²) in [5.74, 6) is 3.11. The minimum atomic E-state index is 0. The zero-order valence-electron chi connectivity index (χ0n) is 11.9. The van der Waals surface area contributed by atoms with Gasteiger partial charge in [-0.2, -0.15) is 11.8 Å². The van der Waals surface area contributed by atoms with Crippen LogP contribution in [-0.4, -0.2) is 42.0 Å². The molecule has 0 bridgehead atoms. The summed E-state index contributed by atoms with van der Waals surface area (Å²) in [5, 5.41) is 0. The first-order valence-electron chi connectivity index (χ1n) is 6.62. The molecule has 18 heavy (non-hydrogen) atoms. The standard InChI is InChI=1S/C13H27N3S.HI/c1-13(2,3)6-4-5-7-15-12(14)16-8-10-17-11-9-16;/h4-11H2,1-3H3,(H2,14,15);1H. The van der Waals surface area contributed by atoms with Crippen molar-refractivity contribution >= 4 is 41.7 Å². The van der Waals surface area contributed by atoms with Gasteiger partial charge in [-0.3, -0.25) is 4.99 Å². The van der Waals surface area contributed by atoms with E-state index in [0.29, 0.717) is 5.41 Å². The van der Waals surface area contributed by atoms with Crippen LogP contribution < -0.4 is 5.73 Å².